The molecule has 0 fully saturated rings. The van der Waals surface area contributed by atoms with Crippen LogP contribution < -0.4 is 4.74 Å². The predicted octanol–water partition coefficient (Wildman–Crippen LogP) is 3.27. The largest absolute Gasteiger partial charge is 0.437 e. The molecular formula is C13H6ClN3O. The van der Waals surface area contributed by atoms with Gasteiger partial charge in [-0.15, -0.1) is 0 Å². The van der Waals surface area contributed by atoms with Gasteiger partial charge in [0, 0.05) is 6.20 Å². The number of aromatic nitrogens is 1. The maximum atomic E-state index is 8.82. The molecular weight excluding hydrogens is 250 g/mol. The molecule has 0 N–H and O–H groups in total. The summed E-state index contributed by atoms with van der Waals surface area (Å²) < 4.78 is 5.45. The van der Waals surface area contributed by atoms with E-state index in [0.717, 1.165) is 0 Å². The normalized spacial score (nSPS) is 9.28. The quantitative estimate of drug-likeness (QED) is 0.826. The SMILES string of the molecule is N#Cc1ccc(Oc2nccc(C#N)c2Cl)cc1. The van der Waals surface area contributed by atoms with Gasteiger partial charge in [0.15, 0.2) is 0 Å². The fourth-order valence-corrected chi connectivity index (χ4v) is 1.48. The third-order valence-electron chi connectivity index (χ3n) is 2.18. The van der Waals surface area contributed by atoms with Crippen LogP contribution in [0.2, 0.25) is 5.02 Å². The van der Waals surface area contributed by atoms with Crippen LogP contribution in [0.1, 0.15) is 11.1 Å². The van der Waals surface area contributed by atoms with E-state index in [4.69, 9.17) is 26.9 Å². The Balaban J connectivity index is 2.29. The standard InChI is InChI=1S/C13H6ClN3O/c14-12-10(8-16)5-6-17-13(12)18-11-3-1-9(7-15)2-4-11/h1-6H. The van der Waals surface area contributed by atoms with E-state index in [1.807, 2.05) is 12.1 Å². The van der Waals surface area contributed by atoms with Crippen molar-refractivity contribution in [3.8, 4) is 23.8 Å². The van der Waals surface area contributed by atoms with Crippen LogP contribution in [0.25, 0.3) is 0 Å². The molecule has 0 aliphatic rings. The molecule has 1 aromatic carbocycles. The Bertz CT molecular complexity index is 653. The van der Waals surface area contributed by atoms with Gasteiger partial charge in [-0.3, -0.25) is 0 Å². The summed E-state index contributed by atoms with van der Waals surface area (Å²) in [5, 5.41) is 17.7. The highest BCUT2D eigenvalue weighted by Crippen LogP contribution is 2.29. The summed E-state index contributed by atoms with van der Waals surface area (Å²) in [6.45, 7) is 0. The fraction of sp³-hybridized carbons (Fsp3) is 0. The lowest BCUT2D eigenvalue weighted by Gasteiger charge is -2.06. The van der Waals surface area contributed by atoms with Gasteiger partial charge in [-0.2, -0.15) is 10.5 Å². The Morgan fingerprint density at radius 2 is 1.78 bits per heavy atom. The van der Waals surface area contributed by atoms with Crippen molar-refractivity contribution in [1.29, 1.82) is 10.5 Å². The van der Waals surface area contributed by atoms with Crippen LogP contribution in [-0.4, -0.2) is 4.98 Å². The minimum Gasteiger partial charge on any atom is -0.437 e. The van der Waals surface area contributed by atoms with Crippen LogP contribution in [0.5, 0.6) is 11.6 Å². The maximum absolute atomic E-state index is 8.82. The molecule has 0 saturated carbocycles. The molecule has 86 valence electrons. The van der Waals surface area contributed by atoms with E-state index >= 15 is 0 Å². The van der Waals surface area contributed by atoms with E-state index < -0.39 is 0 Å². The Kier molecular flexibility index (Phi) is 3.43. The van der Waals surface area contributed by atoms with Crippen molar-refractivity contribution in [2.75, 3.05) is 0 Å². The van der Waals surface area contributed by atoms with Gasteiger partial charge in [-0.05, 0) is 30.3 Å². The molecule has 0 atom stereocenters. The second kappa shape index (κ2) is 5.18. The predicted molar refractivity (Wildman–Crippen MR) is 65.2 cm³/mol. The van der Waals surface area contributed by atoms with Gasteiger partial charge in [-0.25, -0.2) is 4.98 Å². The van der Waals surface area contributed by atoms with Crippen molar-refractivity contribution in [3.05, 3.63) is 52.7 Å². The van der Waals surface area contributed by atoms with Gasteiger partial charge in [-0.1, -0.05) is 11.6 Å². The molecule has 0 spiro atoms. The van der Waals surface area contributed by atoms with Gasteiger partial charge in [0.25, 0.3) is 0 Å². The number of hydrogen-bond acceptors (Lipinski definition) is 4. The number of rotatable bonds is 2. The first-order valence-electron chi connectivity index (χ1n) is 4.97. The first kappa shape index (κ1) is 11.9. The Morgan fingerprint density at radius 3 is 2.39 bits per heavy atom. The Morgan fingerprint density at radius 1 is 1.06 bits per heavy atom. The van der Waals surface area contributed by atoms with E-state index in [2.05, 4.69) is 4.98 Å². The molecule has 0 amide bonds. The van der Waals surface area contributed by atoms with Crippen LogP contribution in [-0.2, 0) is 0 Å². The van der Waals surface area contributed by atoms with Gasteiger partial charge in [0.1, 0.15) is 16.8 Å². The lowest BCUT2D eigenvalue weighted by atomic mass is 10.2. The summed E-state index contributed by atoms with van der Waals surface area (Å²) in [6, 6.07) is 12.0. The zero-order valence-electron chi connectivity index (χ0n) is 9.09. The van der Waals surface area contributed by atoms with Crippen molar-refractivity contribution in [2.45, 2.75) is 0 Å². The van der Waals surface area contributed by atoms with E-state index in [0.29, 0.717) is 16.9 Å². The molecule has 1 heterocycles. The lowest BCUT2D eigenvalue weighted by Crippen LogP contribution is -1.91. The summed E-state index contributed by atoms with van der Waals surface area (Å²) in [7, 11) is 0. The molecule has 0 radical (unpaired) electrons. The van der Waals surface area contributed by atoms with Crippen LogP contribution >= 0.6 is 11.6 Å². The van der Waals surface area contributed by atoms with Gasteiger partial charge >= 0.3 is 0 Å². The molecule has 0 aliphatic carbocycles. The number of nitriles is 2. The molecule has 0 aliphatic heterocycles. The van der Waals surface area contributed by atoms with Crippen LogP contribution in [0, 0.1) is 22.7 Å². The van der Waals surface area contributed by atoms with Gasteiger partial charge in [0.2, 0.25) is 5.88 Å². The highest BCUT2D eigenvalue weighted by Gasteiger charge is 2.09. The smallest absolute Gasteiger partial charge is 0.239 e. The Hall–Kier alpha value is -2.56. The van der Waals surface area contributed by atoms with E-state index in [9.17, 15) is 0 Å². The number of ether oxygens (including phenoxy) is 1. The van der Waals surface area contributed by atoms with Crippen molar-refractivity contribution in [2.24, 2.45) is 0 Å². The molecule has 18 heavy (non-hydrogen) atoms. The monoisotopic (exact) mass is 255 g/mol. The second-order valence-electron chi connectivity index (χ2n) is 3.33. The zero-order valence-corrected chi connectivity index (χ0v) is 9.85. The third-order valence-corrected chi connectivity index (χ3v) is 2.54. The highest BCUT2D eigenvalue weighted by molar-refractivity contribution is 6.33. The summed E-state index contributed by atoms with van der Waals surface area (Å²) in [5.41, 5.74) is 0.836. The second-order valence-corrected chi connectivity index (χ2v) is 3.71. The van der Waals surface area contributed by atoms with Crippen LogP contribution in [0.3, 0.4) is 0 Å². The topological polar surface area (TPSA) is 69.7 Å². The first-order chi connectivity index (χ1) is 8.74. The first-order valence-corrected chi connectivity index (χ1v) is 5.35. The average molecular weight is 256 g/mol. The van der Waals surface area contributed by atoms with Crippen molar-refractivity contribution >= 4 is 11.6 Å². The molecule has 4 nitrogen and oxygen atoms in total. The summed E-state index contributed by atoms with van der Waals surface area (Å²) >= 11 is 5.96. The van der Waals surface area contributed by atoms with Crippen molar-refractivity contribution in [1.82, 2.24) is 4.98 Å². The Labute approximate surface area is 109 Å². The van der Waals surface area contributed by atoms with Crippen molar-refractivity contribution in [3.63, 3.8) is 0 Å². The molecule has 0 saturated heterocycles. The van der Waals surface area contributed by atoms with E-state index in [-0.39, 0.29) is 10.9 Å². The third kappa shape index (κ3) is 2.40. The minimum atomic E-state index is 0.167. The van der Waals surface area contributed by atoms with E-state index in [1.54, 1.807) is 24.3 Å². The number of pyridine rings is 1. The maximum Gasteiger partial charge on any atom is 0.239 e. The lowest BCUT2D eigenvalue weighted by molar-refractivity contribution is 0.463. The summed E-state index contributed by atoms with van der Waals surface area (Å²) in [5.74, 6) is 0.666. The van der Waals surface area contributed by atoms with Crippen LogP contribution in [0.15, 0.2) is 36.5 Å². The molecule has 0 unspecified atom stereocenters. The molecule has 1 aromatic heterocycles. The van der Waals surface area contributed by atoms with Gasteiger partial charge in [0.05, 0.1) is 17.2 Å². The molecule has 0 bridgehead atoms. The average Bonchev–Trinajstić information content (AvgIpc) is 2.42. The fourth-order valence-electron chi connectivity index (χ4n) is 1.29. The number of nitrogens with zero attached hydrogens (tertiary/aromatic N) is 3. The van der Waals surface area contributed by atoms with E-state index in [1.165, 1.54) is 12.3 Å². The van der Waals surface area contributed by atoms with Crippen LogP contribution in [0.4, 0.5) is 0 Å². The molecule has 5 heteroatoms. The summed E-state index contributed by atoms with van der Waals surface area (Å²) in [6.07, 6.45) is 1.45. The zero-order chi connectivity index (χ0) is 13.0. The minimum absolute atomic E-state index is 0.167. The molecule has 2 rings (SSSR count). The van der Waals surface area contributed by atoms with Gasteiger partial charge < -0.3 is 4.74 Å². The highest BCUT2D eigenvalue weighted by atomic mass is 35.5. The number of hydrogen-bond donors (Lipinski definition) is 0. The van der Waals surface area contributed by atoms with Crippen molar-refractivity contribution < 1.29 is 4.74 Å². The summed E-state index contributed by atoms with van der Waals surface area (Å²) in [4.78, 5) is 3.95. The number of benzene rings is 1. The molecule has 2 aromatic rings. The number of halogens is 1.